The monoisotopic (exact) mass is 402 g/mol. The average Bonchev–Trinajstić information content (AvgIpc) is 3.46. The number of nitrogens with zero attached hydrogens (tertiary/aromatic N) is 6. The smallest absolute Gasteiger partial charge is 0.261 e. The lowest BCUT2D eigenvalue weighted by Gasteiger charge is -2.16. The fourth-order valence-corrected chi connectivity index (χ4v) is 4.43. The van der Waals surface area contributed by atoms with E-state index in [1.807, 2.05) is 36.4 Å². The molecule has 5 rings (SSSR count). The van der Waals surface area contributed by atoms with Crippen LogP contribution in [0.15, 0.2) is 59.8 Å². The summed E-state index contributed by atoms with van der Waals surface area (Å²) >= 11 is 0. The molecule has 7 heteroatoms. The molecule has 1 aliphatic rings. The predicted molar refractivity (Wildman–Crippen MR) is 117 cm³/mol. The molecule has 0 radical (unpaired) electrons. The van der Waals surface area contributed by atoms with Crippen LogP contribution in [-0.4, -0.2) is 42.1 Å². The lowest BCUT2D eigenvalue weighted by Crippen LogP contribution is -2.21. The number of benzene rings is 1. The molecule has 0 bridgehead atoms. The van der Waals surface area contributed by atoms with Gasteiger partial charge >= 0.3 is 0 Å². The average molecular weight is 403 g/mol. The zero-order chi connectivity index (χ0) is 20.7. The third kappa shape index (κ3) is 3.57. The van der Waals surface area contributed by atoms with Gasteiger partial charge in [0.1, 0.15) is 5.52 Å². The molecule has 4 heterocycles. The van der Waals surface area contributed by atoms with Crippen molar-refractivity contribution in [3.05, 3.63) is 70.9 Å². The Morgan fingerprint density at radius 1 is 1.07 bits per heavy atom. The number of fused-ring (bicyclic) bond motifs is 1. The van der Waals surface area contributed by atoms with Crippen molar-refractivity contribution in [3.63, 3.8) is 0 Å². The largest absolute Gasteiger partial charge is 0.317 e. The van der Waals surface area contributed by atoms with Crippen LogP contribution in [0.5, 0.6) is 0 Å². The van der Waals surface area contributed by atoms with E-state index in [-0.39, 0.29) is 5.56 Å². The number of pyridine rings is 1. The Kier molecular flexibility index (Phi) is 4.75. The summed E-state index contributed by atoms with van der Waals surface area (Å²) in [6, 6.07) is 12.6. The fraction of sp³-hybridized carbons (Fsp3) is 0.348. The number of aromatic nitrogens is 5. The zero-order valence-corrected chi connectivity index (χ0v) is 17.4. The Morgan fingerprint density at radius 2 is 1.90 bits per heavy atom. The van der Waals surface area contributed by atoms with Crippen molar-refractivity contribution in [2.45, 2.75) is 19.5 Å². The third-order valence-corrected chi connectivity index (χ3v) is 5.94. The molecule has 7 nitrogen and oxygen atoms in total. The van der Waals surface area contributed by atoms with Crippen LogP contribution in [0.25, 0.3) is 22.2 Å². The van der Waals surface area contributed by atoms with Crippen LogP contribution < -0.4 is 5.56 Å². The van der Waals surface area contributed by atoms with Gasteiger partial charge in [0.2, 0.25) is 0 Å². The van der Waals surface area contributed by atoms with E-state index < -0.39 is 0 Å². The van der Waals surface area contributed by atoms with Gasteiger partial charge in [-0.3, -0.25) is 19.1 Å². The molecule has 0 amide bonds. The van der Waals surface area contributed by atoms with Gasteiger partial charge in [-0.1, -0.05) is 30.3 Å². The summed E-state index contributed by atoms with van der Waals surface area (Å²) in [5.74, 6) is 0.533. The first-order valence-electron chi connectivity index (χ1n) is 10.4. The first kappa shape index (κ1) is 18.8. The number of hydrogen-bond acceptors (Lipinski definition) is 4. The van der Waals surface area contributed by atoms with Gasteiger partial charge in [0.25, 0.3) is 5.56 Å². The van der Waals surface area contributed by atoms with E-state index >= 15 is 0 Å². The van der Waals surface area contributed by atoms with E-state index in [2.05, 4.69) is 40.3 Å². The maximum Gasteiger partial charge on any atom is 0.261 e. The summed E-state index contributed by atoms with van der Waals surface area (Å²) in [4.78, 5) is 15.2. The minimum absolute atomic E-state index is 0.0203. The lowest BCUT2D eigenvalue weighted by molar-refractivity contribution is 0.306. The van der Waals surface area contributed by atoms with E-state index in [9.17, 15) is 4.79 Å². The minimum Gasteiger partial charge on any atom is -0.317 e. The molecule has 0 spiro atoms. The number of rotatable bonds is 5. The molecule has 1 saturated heterocycles. The standard InChI is InChI=1S/C23H26N6O/c1-26-15-19(21-9-10-27(2)24-21)22-20(23(26)30)16-29(25-22)14-18-8-11-28(13-18)12-17-6-4-3-5-7-17/h3-7,9-10,15-16,18H,8,11-14H2,1-2H3/t18-/m0/s1. The second-order valence-corrected chi connectivity index (χ2v) is 8.32. The van der Waals surface area contributed by atoms with Gasteiger partial charge in [-0.15, -0.1) is 0 Å². The highest BCUT2D eigenvalue weighted by Gasteiger charge is 2.24. The van der Waals surface area contributed by atoms with Crippen LogP contribution >= 0.6 is 0 Å². The maximum absolute atomic E-state index is 12.7. The van der Waals surface area contributed by atoms with Gasteiger partial charge in [-0.2, -0.15) is 10.2 Å². The van der Waals surface area contributed by atoms with E-state index in [0.29, 0.717) is 11.3 Å². The van der Waals surface area contributed by atoms with Gasteiger partial charge in [0, 0.05) is 57.9 Å². The van der Waals surface area contributed by atoms with Crippen molar-refractivity contribution in [2.24, 2.45) is 20.0 Å². The molecule has 0 aliphatic carbocycles. The van der Waals surface area contributed by atoms with Crippen LogP contribution in [0.4, 0.5) is 0 Å². The summed E-state index contributed by atoms with van der Waals surface area (Å²) in [5, 5.41) is 9.97. The zero-order valence-electron chi connectivity index (χ0n) is 17.4. The minimum atomic E-state index is -0.0203. The first-order valence-corrected chi connectivity index (χ1v) is 10.4. The molecule has 0 unspecified atom stereocenters. The van der Waals surface area contributed by atoms with Gasteiger partial charge in [0.05, 0.1) is 11.1 Å². The molecule has 30 heavy (non-hydrogen) atoms. The van der Waals surface area contributed by atoms with E-state index in [1.165, 1.54) is 5.56 Å². The van der Waals surface area contributed by atoms with Gasteiger partial charge in [-0.05, 0) is 30.5 Å². The van der Waals surface area contributed by atoms with E-state index in [4.69, 9.17) is 5.10 Å². The SMILES string of the molecule is Cn1ccc(-c2cn(C)c(=O)c3cn(C[C@H]4CCN(Cc5ccccc5)C4)nc23)n1. The molecular weight excluding hydrogens is 376 g/mol. The van der Waals surface area contributed by atoms with Gasteiger partial charge in [-0.25, -0.2) is 0 Å². The fourth-order valence-electron chi connectivity index (χ4n) is 4.43. The van der Waals surface area contributed by atoms with Crippen LogP contribution in [0, 0.1) is 5.92 Å². The molecule has 0 N–H and O–H groups in total. The van der Waals surface area contributed by atoms with E-state index in [1.54, 1.807) is 16.3 Å². The second kappa shape index (κ2) is 7.57. The van der Waals surface area contributed by atoms with Crippen molar-refractivity contribution in [1.82, 2.24) is 29.0 Å². The highest BCUT2D eigenvalue weighted by molar-refractivity contribution is 5.91. The van der Waals surface area contributed by atoms with Crippen molar-refractivity contribution in [2.75, 3.05) is 13.1 Å². The summed E-state index contributed by atoms with van der Waals surface area (Å²) in [6.07, 6.45) is 6.79. The van der Waals surface area contributed by atoms with E-state index in [0.717, 1.165) is 49.4 Å². The Labute approximate surface area is 175 Å². The summed E-state index contributed by atoms with van der Waals surface area (Å²) < 4.78 is 5.34. The van der Waals surface area contributed by atoms with Crippen LogP contribution in [0.1, 0.15) is 12.0 Å². The number of hydrogen-bond donors (Lipinski definition) is 0. The summed E-state index contributed by atoms with van der Waals surface area (Å²) in [7, 11) is 3.67. The highest BCUT2D eigenvalue weighted by Crippen LogP contribution is 2.25. The summed E-state index contributed by atoms with van der Waals surface area (Å²) in [6.45, 7) is 3.96. The van der Waals surface area contributed by atoms with Crippen molar-refractivity contribution < 1.29 is 0 Å². The number of aryl methyl sites for hydroxylation is 2. The normalized spacial score (nSPS) is 17.2. The Morgan fingerprint density at radius 3 is 2.67 bits per heavy atom. The van der Waals surface area contributed by atoms with Gasteiger partial charge < -0.3 is 4.57 Å². The molecular formula is C23H26N6O. The molecule has 1 atom stereocenters. The van der Waals surface area contributed by atoms with Crippen molar-refractivity contribution in [3.8, 4) is 11.3 Å². The molecule has 1 aliphatic heterocycles. The summed E-state index contributed by atoms with van der Waals surface area (Å²) in [5.41, 5.74) is 3.79. The topological polar surface area (TPSA) is 60.9 Å². The Bertz CT molecular complexity index is 1240. The molecule has 154 valence electrons. The lowest BCUT2D eigenvalue weighted by atomic mass is 10.1. The number of likely N-dealkylation sites (tertiary alicyclic amines) is 1. The maximum atomic E-state index is 12.7. The molecule has 3 aromatic heterocycles. The second-order valence-electron chi connectivity index (χ2n) is 8.32. The van der Waals surface area contributed by atoms with Crippen LogP contribution in [-0.2, 0) is 27.2 Å². The quantitative estimate of drug-likeness (QED) is 0.515. The predicted octanol–water partition coefficient (Wildman–Crippen LogP) is 2.66. The molecule has 4 aromatic rings. The first-order chi connectivity index (χ1) is 14.6. The highest BCUT2D eigenvalue weighted by atomic mass is 16.1. The molecule has 0 saturated carbocycles. The van der Waals surface area contributed by atoms with Gasteiger partial charge in [0.15, 0.2) is 0 Å². The van der Waals surface area contributed by atoms with Crippen molar-refractivity contribution >= 4 is 10.9 Å². The Balaban J connectivity index is 1.38. The third-order valence-electron chi connectivity index (χ3n) is 5.94. The van der Waals surface area contributed by atoms with Crippen LogP contribution in [0.3, 0.4) is 0 Å². The molecule has 1 fully saturated rings. The Hall–Kier alpha value is -3.19. The van der Waals surface area contributed by atoms with Crippen LogP contribution in [0.2, 0.25) is 0 Å². The molecule has 1 aromatic carbocycles. The van der Waals surface area contributed by atoms with Crippen molar-refractivity contribution in [1.29, 1.82) is 0 Å².